The minimum atomic E-state index is 0. The average Bonchev–Trinajstić information content (AvgIpc) is 3.69. The van der Waals surface area contributed by atoms with E-state index in [0.29, 0.717) is 0 Å². The summed E-state index contributed by atoms with van der Waals surface area (Å²) in [5.41, 5.74) is 10.3. The largest absolute Gasteiger partial charge is 0.305 e. The Morgan fingerprint density at radius 2 is 1.27 bits per heavy atom. The normalized spacial score (nSPS) is 11.1. The molecule has 4 aromatic heterocycles. The number of pyridine rings is 2. The first-order valence-corrected chi connectivity index (χ1v) is 17.3. The molecular weight excluding hydrogens is 801 g/mol. The summed E-state index contributed by atoms with van der Waals surface area (Å²) in [7, 11) is 0. The molecule has 0 aliphatic rings. The van der Waals surface area contributed by atoms with Crippen molar-refractivity contribution in [3.05, 3.63) is 156 Å². The first kappa shape index (κ1) is 32.1. The van der Waals surface area contributed by atoms with Gasteiger partial charge >= 0.3 is 0 Å². The average molecular weight is 831 g/mol. The van der Waals surface area contributed by atoms with Crippen LogP contribution < -0.4 is 0 Å². The van der Waals surface area contributed by atoms with Gasteiger partial charge in [0.05, 0.1) is 0 Å². The second-order valence-corrected chi connectivity index (χ2v) is 13.9. The first-order valence-electron chi connectivity index (χ1n) is 15.6. The maximum Gasteiger partial charge on any atom is 0.0451 e. The van der Waals surface area contributed by atoms with Gasteiger partial charge in [0.1, 0.15) is 0 Å². The zero-order valence-corrected chi connectivity index (χ0v) is 30.7. The maximum absolute atomic E-state index is 4.66. The van der Waals surface area contributed by atoms with Gasteiger partial charge in [-0.05, 0) is 60.1 Å². The van der Waals surface area contributed by atoms with Crippen molar-refractivity contribution < 1.29 is 20.1 Å². The van der Waals surface area contributed by atoms with Crippen LogP contribution >= 0.6 is 22.7 Å². The minimum Gasteiger partial charge on any atom is -0.305 e. The van der Waals surface area contributed by atoms with Crippen molar-refractivity contribution in [2.75, 3.05) is 0 Å². The van der Waals surface area contributed by atoms with E-state index in [1.165, 1.54) is 68.2 Å². The number of thiophene rings is 2. The van der Waals surface area contributed by atoms with E-state index in [4.69, 9.17) is 0 Å². The zero-order chi connectivity index (χ0) is 31.9. The van der Waals surface area contributed by atoms with Gasteiger partial charge in [-0.3, -0.25) is 0 Å². The molecule has 0 unspecified atom stereocenters. The van der Waals surface area contributed by atoms with Crippen molar-refractivity contribution in [1.29, 1.82) is 0 Å². The Bertz CT molecular complexity index is 2490. The van der Waals surface area contributed by atoms with E-state index in [0.717, 1.165) is 22.5 Å². The standard InChI is InChI=1S/C30H18NS2.C13H12N.Ir/c1-18-26(20-15-16-31-23(17-20)19-9-3-2-4-10-19)29-28(22-12-6-8-14-25(22)32-29)30-27(18)21-11-5-7-13-24(21)33-30;1-10-3-6-12(7-4-10)13-8-5-11(2)9-14-13;/h2-9,11-17H,1H3;3-6,8-9H,1-2H3;/q2*-1;. The van der Waals surface area contributed by atoms with Crippen LogP contribution in [-0.2, 0) is 20.1 Å². The predicted molar refractivity (Wildman–Crippen MR) is 202 cm³/mol. The van der Waals surface area contributed by atoms with Gasteiger partial charge in [0.15, 0.2) is 0 Å². The van der Waals surface area contributed by atoms with E-state index in [1.54, 1.807) is 0 Å². The molecule has 0 bridgehead atoms. The van der Waals surface area contributed by atoms with Crippen molar-refractivity contribution in [2.45, 2.75) is 20.8 Å². The van der Waals surface area contributed by atoms with Crippen molar-refractivity contribution in [3.8, 4) is 33.6 Å². The van der Waals surface area contributed by atoms with Crippen LogP contribution in [0.25, 0.3) is 74.0 Å². The quantitative estimate of drug-likeness (QED) is 0.166. The predicted octanol–water partition coefficient (Wildman–Crippen LogP) is 12.4. The van der Waals surface area contributed by atoms with Crippen LogP contribution in [0.4, 0.5) is 0 Å². The van der Waals surface area contributed by atoms with Crippen LogP contribution in [0.15, 0.2) is 128 Å². The van der Waals surface area contributed by atoms with Gasteiger partial charge in [-0.2, -0.15) is 0 Å². The van der Waals surface area contributed by atoms with Crippen LogP contribution in [0.1, 0.15) is 16.7 Å². The molecule has 9 aromatic rings. The second-order valence-electron chi connectivity index (χ2n) is 11.8. The van der Waals surface area contributed by atoms with Gasteiger partial charge in [0, 0.05) is 78.4 Å². The summed E-state index contributed by atoms with van der Waals surface area (Å²) < 4.78 is 5.44. The molecule has 0 saturated carbocycles. The van der Waals surface area contributed by atoms with Gasteiger partial charge in [-0.1, -0.05) is 61.5 Å². The third kappa shape index (κ3) is 5.89. The SMILES string of the molecule is Cc1c(-c2ccnc(-c3[c-]cccc3)c2)c2sc3ccccc3c2c2sc3ccccc3c12.Cc1c[c-]c(-c2ccc(C)cn2)cc1.[Ir]. The molecule has 235 valence electrons. The molecule has 0 aliphatic carbocycles. The van der Waals surface area contributed by atoms with E-state index >= 15 is 0 Å². The first-order chi connectivity index (χ1) is 23.0. The molecule has 1 radical (unpaired) electrons. The van der Waals surface area contributed by atoms with E-state index in [-0.39, 0.29) is 20.1 Å². The number of rotatable bonds is 3. The van der Waals surface area contributed by atoms with E-state index in [9.17, 15) is 0 Å². The maximum atomic E-state index is 4.66. The molecule has 0 amide bonds. The topological polar surface area (TPSA) is 25.8 Å². The van der Waals surface area contributed by atoms with Crippen molar-refractivity contribution in [2.24, 2.45) is 0 Å². The fraction of sp³-hybridized carbons (Fsp3) is 0.0698. The summed E-state index contributed by atoms with van der Waals surface area (Å²) in [4.78, 5) is 9.01. The number of fused-ring (bicyclic) bond motifs is 7. The van der Waals surface area contributed by atoms with Crippen LogP contribution in [-0.4, -0.2) is 9.97 Å². The minimum absolute atomic E-state index is 0. The molecule has 5 heteroatoms. The number of nitrogens with zero attached hydrogens (tertiary/aromatic N) is 2. The number of aryl methyl sites for hydroxylation is 3. The van der Waals surface area contributed by atoms with Crippen LogP contribution in [0.2, 0.25) is 0 Å². The molecule has 4 heterocycles. The molecule has 0 N–H and O–H groups in total. The molecule has 5 aromatic carbocycles. The molecule has 9 rings (SSSR count). The zero-order valence-electron chi connectivity index (χ0n) is 26.7. The van der Waals surface area contributed by atoms with Crippen LogP contribution in [0.5, 0.6) is 0 Å². The van der Waals surface area contributed by atoms with Gasteiger partial charge in [-0.25, -0.2) is 0 Å². The Morgan fingerprint density at radius 3 is 1.96 bits per heavy atom. The van der Waals surface area contributed by atoms with E-state index in [1.807, 2.05) is 78.4 Å². The Balaban J connectivity index is 0.000000205. The van der Waals surface area contributed by atoms with Crippen molar-refractivity contribution in [1.82, 2.24) is 9.97 Å². The number of hydrogen-bond donors (Lipinski definition) is 0. The third-order valence-corrected chi connectivity index (χ3v) is 11.0. The Morgan fingerprint density at radius 1 is 0.583 bits per heavy atom. The summed E-state index contributed by atoms with van der Waals surface area (Å²) in [6, 6.07) is 46.8. The third-order valence-electron chi connectivity index (χ3n) is 8.58. The molecule has 0 saturated heterocycles. The van der Waals surface area contributed by atoms with E-state index < -0.39 is 0 Å². The van der Waals surface area contributed by atoms with Crippen molar-refractivity contribution in [3.63, 3.8) is 0 Å². The second kappa shape index (κ2) is 13.5. The van der Waals surface area contributed by atoms with Gasteiger partial charge in [-0.15, -0.1) is 94.0 Å². The summed E-state index contributed by atoms with van der Waals surface area (Å²) in [6.45, 7) is 6.38. The van der Waals surface area contributed by atoms with Crippen LogP contribution in [0.3, 0.4) is 0 Å². The molecule has 0 spiro atoms. The molecule has 0 fully saturated rings. The molecule has 48 heavy (non-hydrogen) atoms. The van der Waals surface area contributed by atoms with Gasteiger partial charge in [0.25, 0.3) is 0 Å². The summed E-state index contributed by atoms with van der Waals surface area (Å²) in [5.74, 6) is 0. The fourth-order valence-corrected chi connectivity index (χ4v) is 8.98. The smallest absolute Gasteiger partial charge is 0.0451 e. The molecular formula is C43H30IrN2S2-2. The summed E-state index contributed by atoms with van der Waals surface area (Å²) in [5, 5.41) is 5.46. The molecule has 0 aliphatic heterocycles. The number of benzene rings is 5. The fourth-order valence-electron chi connectivity index (χ4n) is 6.26. The van der Waals surface area contributed by atoms with E-state index in [2.05, 4.69) is 115 Å². The Labute approximate surface area is 302 Å². The number of hydrogen-bond acceptors (Lipinski definition) is 4. The monoisotopic (exact) mass is 831 g/mol. The Kier molecular flexibility index (Phi) is 9.04. The van der Waals surface area contributed by atoms with Gasteiger partial charge < -0.3 is 9.97 Å². The molecule has 0 atom stereocenters. The molecule has 2 nitrogen and oxygen atoms in total. The van der Waals surface area contributed by atoms with Crippen molar-refractivity contribution >= 4 is 63.0 Å². The number of aromatic nitrogens is 2. The Hall–Kier alpha value is -4.51. The van der Waals surface area contributed by atoms with Crippen LogP contribution in [0, 0.1) is 32.9 Å². The summed E-state index contributed by atoms with van der Waals surface area (Å²) >= 11 is 3.82. The summed E-state index contributed by atoms with van der Waals surface area (Å²) in [6.07, 6.45) is 3.81. The van der Waals surface area contributed by atoms with Gasteiger partial charge in [0.2, 0.25) is 0 Å².